The van der Waals surface area contributed by atoms with Gasteiger partial charge in [0.25, 0.3) is 5.91 Å². The molecule has 2 N–H and O–H groups in total. The third-order valence-corrected chi connectivity index (χ3v) is 6.08. The number of carbonyl (C=O) groups is 1. The summed E-state index contributed by atoms with van der Waals surface area (Å²) in [6, 6.07) is 20.4. The molecule has 0 radical (unpaired) electrons. The average molecular weight is 471 g/mol. The summed E-state index contributed by atoms with van der Waals surface area (Å²) in [4.78, 5) is 22.6. The molecule has 1 amide bonds. The van der Waals surface area contributed by atoms with E-state index in [4.69, 9.17) is 10.7 Å². The second-order valence-electron chi connectivity index (χ2n) is 9.35. The summed E-state index contributed by atoms with van der Waals surface area (Å²) in [5, 5.41) is 5.33. The van der Waals surface area contributed by atoms with Crippen molar-refractivity contribution in [3.05, 3.63) is 83.6 Å². The van der Waals surface area contributed by atoms with E-state index < -0.39 is 0 Å². The molecule has 0 atom stereocenters. The molecule has 2 heterocycles. The largest absolute Gasteiger partial charge is 0.337 e. The van der Waals surface area contributed by atoms with E-state index >= 15 is 0 Å². The summed E-state index contributed by atoms with van der Waals surface area (Å²) in [6.07, 6.45) is 1.76. The number of amides is 1. The molecule has 0 fully saturated rings. The maximum Gasteiger partial charge on any atom is 0.254 e. The van der Waals surface area contributed by atoms with Gasteiger partial charge < -0.3 is 15.5 Å². The van der Waals surface area contributed by atoms with Crippen LogP contribution in [0.5, 0.6) is 0 Å². The van der Waals surface area contributed by atoms with Crippen molar-refractivity contribution in [2.24, 2.45) is 5.73 Å². The number of hydrogen-bond donors (Lipinski definition) is 1. The minimum atomic E-state index is -0.0513. The van der Waals surface area contributed by atoms with E-state index in [1.54, 1.807) is 11.1 Å². The number of fused-ring (bicyclic) bond motifs is 1. The van der Waals surface area contributed by atoms with Crippen molar-refractivity contribution in [3.63, 3.8) is 0 Å². The summed E-state index contributed by atoms with van der Waals surface area (Å²) in [5.74, 6) is -0.0513. The Kier molecular flexibility index (Phi) is 7.58. The second-order valence-corrected chi connectivity index (χ2v) is 9.35. The van der Waals surface area contributed by atoms with Crippen LogP contribution in [0.1, 0.15) is 41.4 Å². The van der Waals surface area contributed by atoms with Crippen LogP contribution in [0, 0.1) is 0 Å². The Hall–Kier alpha value is -3.55. The molecular weight excluding hydrogens is 436 g/mol. The monoisotopic (exact) mass is 470 g/mol. The highest BCUT2D eigenvalue weighted by Crippen LogP contribution is 2.28. The molecule has 0 aliphatic rings. The van der Waals surface area contributed by atoms with E-state index in [-0.39, 0.29) is 11.9 Å². The van der Waals surface area contributed by atoms with Gasteiger partial charge in [-0.25, -0.2) is 9.67 Å². The fraction of sp³-hybridized carbons (Fsp3) is 0.321. The van der Waals surface area contributed by atoms with Gasteiger partial charge in [-0.3, -0.25) is 4.79 Å². The quantitative estimate of drug-likeness (QED) is 0.394. The van der Waals surface area contributed by atoms with Crippen molar-refractivity contribution in [1.82, 2.24) is 24.6 Å². The molecule has 4 rings (SSSR count). The van der Waals surface area contributed by atoms with Gasteiger partial charge in [-0.15, -0.1) is 0 Å². The number of hydrogen-bond acceptors (Lipinski definition) is 5. The zero-order valence-electron chi connectivity index (χ0n) is 21.0. The van der Waals surface area contributed by atoms with E-state index in [1.807, 2.05) is 60.3 Å². The van der Waals surface area contributed by atoms with Gasteiger partial charge in [0.1, 0.15) is 0 Å². The Labute approximate surface area is 207 Å². The third-order valence-electron chi connectivity index (χ3n) is 6.08. The number of benzene rings is 2. The first kappa shape index (κ1) is 24.6. The van der Waals surface area contributed by atoms with Crippen LogP contribution in [0.4, 0.5) is 0 Å². The van der Waals surface area contributed by atoms with Gasteiger partial charge in [0.15, 0.2) is 5.65 Å². The lowest BCUT2D eigenvalue weighted by Crippen LogP contribution is -2.26. The van der Waals surface area contributed by atoms with E-state index in [0.29, 0.717) is 18.7 Å². The maximum atomic E-state index is 13.7. The highest BCUT2D eigenvalue weighted by Gasteiger charge is 2.21. The second kappa shape index (κ2) is 10.8. The zero-order chi connectivity index (χ0) is 24.9. The standard InChI is InChI=1S/C28H34N6O/c1-20(2)34-27-25(17-30-34)24(28(35)33(4)19-21-9-6-5-7-10-21)16-26(31-27)23-12-8-11-22(15-23)18-32(3)14-13-29/h5-12,15-17,20H,13-14,18-19,29H2,1-4H3. The molecule has 0 bridgehead atoms. The highest BCUT2D eigenvalue weighted by molar-refractivity contribution is 6.06. The maximum absolute atomic E-state index is 13.7. The van der Waals surface area contributed by atoms with Crippen molar-refractivity contribution in [2.75, 3.05) is 27.2 Å². The number of aromatic nitrogens is 3. The highest BCUT2D eigenvalue weighted by atomic mass is 16.2. The van der Waals surface area contributed by atoms with E-state index in [1.165, 1.54) is 5.56 Å². The number of pyridine rings is 1. The number of nitrogens with two attached hydrogens (primary N) is 1. The van der Waals surface area contributed by atoms with Crippen LogP contribution in [0.15, 0.2) is 66.9 Å². The van der Waals surface area contributed by atoms with Crippen molar-refractivity contribution < 1.29 is 4.79 Å². The number of carbonyl (C=O) groups excluding carboxylic acids is 1. The number of nitrogens with zero attached hydrogens (tertiary/aromatic N) is 5. The van der Waals surface area contributed by atoms with Crippen molar-refractivity contribution >= 4 is 16.9 Å². The Bertz CT molecular complexity index is 1300. The predicted molar refractivity (Wildman–Crippen MR) is 141 cm³/mol. The zero-order valence-corrected chi connectivity index (χ0v) is 21.0. The lowest BCUT2D eigenvalue weighted by atomic mass is 10.0. The van der Waals surface area contributed by atoms with Gasteiger partial charge in [-0.05, 0) is 44.2 Å². The van der Waals surface area contributed by atoms with Crippen molar-refractivity contribution in [1.29, 1.82) is 0 Å². The molecule has 0 aliphatic carbocycles. The molecule has 0 aliphatic heterocycles. The minimum Gasteiger partial charge on any atom is -0.337 e. The molecular formula is C28H34N6O. The van der Waals surface area contributed by atoms with Gasteiger partial charge in [0, 0.05) is 44.8 Å². The molecule has 0 saturated carbocycles. The lowest BCUT2D eigenvalue weighted by Gasteiger charge is -2.19. The SMILES string of the molecule is CC(C)n1ncc2c(C(=O)N(C)Cc3ccccc3)cc(-c3cccc(CN(C)CCN)c3)nc21. The normalized spacial score (nSPS) is 11.5. The van der Waals surface area contributed by atoms with Crippen LogP contribution in [-0.4, -0.2) is 57.7 Å². The first-order chi connectivity index (χ1) is 16.9. The van der Waals surface area contributed by atoms with Crippen LogP contribution in [0.2, 0.25) is 0 Å². The van der Waals surface area contributed by atoms with Crippen LogP contribution < -0.4 is 5.73 Å². The van der Waals surface area contributed by atoms with Crippen LogP contribution in [-0.2, 0) is 13.1 Å². The summed E-state index contributed by atoms with van der Waals surface area (Å²) in [7, 11) is 3.90. The average Bonchev–Trinajstić information content (AvgIpc) is 3.28. The molecule has 7 nitrogen and oxygen atoms in total. The molecule has 0 unspecified atom stereocenters. The topological polar surface area (TPSA) is 80.3 Å². The third kappa shape index (κ3) is 5.58. The lowest BCUT2D eigenvalue weighted by molar-refractivity contribution is 0.0787. The fourth-order valence-electron chi connectivity index (χ4n) is 4.30. The Balaban J connectivity index is 1.75. The molecule has 182 valence electrons. The van der Waals surface area contributed by atoms with Gasteiger partial charge in [-0.1, -0.05) is 48.5 Å². The predicted octanol–water partition coefficient (Wildman–Crippen LogP) is 4.34. The van der Waals surface area contributed by atoms with Crippen LogP contribution >= 0.6 is 0 Å². The van der Waals surface area contributed by atoms with Gasteiger partial charge in [-0.2, -0.15) is 5.10 Å². The van der Waals surface area contributed by atoms with E-state index in [2.05, 4.69) is 43.0 Å². The molecule has 0 saturated heterocycles. The van der Waals surface area contributed by atoms with Gasteiger partial charge in [0.2, 0.25) is 0 Å². The Morgan fingerprint density at radius 1 is 1.00 bits per heavy atom. The molecule has 2 aromatic carbocycles. The number of likely N-dealkylation sites (N-methyl/N-ethyl adjacent to an activating group) is 1. The molecule has 0 spiro atoms. The summed E-state index contributed by atoms with van der Waals surface area (Å²) in [6.45, 7) is 6.91. The number of rotatable bonds is 9. The Morgan fingerprint density at radius 3 is 2.46 bits per heavy atom. The first-order valence-electron chi connectivity index (χ1n) is 12.0. The molecule has 4 aromatic rings. The summed E-state index contributed by atoms with van der Waals surface area (Å²) < 4.78 is 1.88. The summed E-state index contributed by atoms with van der Waals surface area (Å²) in [5.41, 5.74) is 11.0. The van der Waals surface area contributed by atoms with Crippen molar-refractivity contribution in [3.8, 4) is 11.3 Å². The molecule has 7 heteroatoms. The molecule has 2 aromatic heterocycles. The van der Waals surface area contributed by atoms with E-state index in [9.17, 15) is 4.79 Å². The minimum absolute atomic E-state index is 0.0513. The van der Waals surface area contributed by atoms with Gasteiger partial charge in [0.05, 0.1) is 22.8 Å². The van der Waals surface area contributed by atoms with Gasteiger partial charge >= 0.3 is 0 Å². The molecule has 35 heavy (non-hydrogen) atoms. The van der Waals surface area contributed by atoms with Crippen LogP contribution in [0.25, 0.3) is 22.3 Å². The van der Waals surface area contributed by atoms with Crippen LogP contribution in [0.3, 0.4) is 0 Å². The summed E-state index contributed by atoms with van der Waals surface area (Å²) >= 11 is 0. The Morgan fingerprint density at radius 2 is 1.74 bits per heavy atom. The smallest absolute Gasteiger partial charge is 0.254 e. The first-order valence-corrected chi connectivity index (χ1v) is 12.0. The van der Waals surface area contributed by atoms with E-state index in [0.717, 1.165) is 40.9 Å². The fourth-order valence-corrected chi connectivity index (χ4v) is 4.30. The van der Waals surface area contributed by atoms with Crippen molar-refractivity contribution in [2.45, 2.75) is 33.0 Å².